The van der Waals surface area contributed by atoms with Crippen molar-refractivity contribution in [2.75, 3.05) is 7.11 Å². The molecule has 7 heteroatoms. The van der Waals surface area contributed by atoms with Crippen molar-refractivity contribution in [2.24, 2.45) is 0 Å². The molecular formula is C10H13NO5S. The number of methoxy groups -OCH3 is 1. The van der Waals surface area contributed by atoms with Gasteiger partial charge >= 0.3 is 5.97 Å². The molecule has 94 valence electrons. The molecule has 0 fully saturated rings. The first kappa shape index (κ1) is 13.5. The molecule has 0 saturated heterocycles. The molecule has 1 unspecified atom stereocenters. The Hall–Kier alpha value is -1.60. The van der Waals surface area contributed by atoms with Crippen molar-refractivity contribution in [3.8, 4) is 5.75 Å². The lowest BCUT2D eigenvalue weighted by molar-refractivity contribution is -0.138. The molecule has 1 aromatic rings. The van der Waals surface area contributed by atoms with Crippen LogP contribution < -0.4 is 9.46 Å². The van der Waals surface area contributed by atoms with Gasteiger partial charge in [0.25, 0.3) is 0 Å². The van der Waals surface area contributed by atoms with Crippen LogP contribution in [-0.2, 0) is 14.8 Å². The number of carbonyl (C=O) groups is 1. The number of para-hydroxylation sites is 1. The summed E-state index contributed by atoms with van der Waals surface area (Å²) in [5.74, 6) is -1.08. The molecule has 0 amide bonds. The fraction of sp³-hybridized carbons (Fsp3) is 0.300. The highest BCUT2D eigenvalue weighted by atomic mass is 32.2. The number of benzene rings is 1. The molecule has 17 heavy (non-hydrogen) atoms. The first-order chi connectivity index (χ1) is 7.88. The van der Waals surface area contributed by atoms with E-state index in [0.717, 1.165) is 0 Å². The van der Waals surface area contributed by atoms with Crippen LogP contribution in [0.3, 0.4) is 0 Å². The van der Waals surface area contributed by atoms with Gasteiger partial charge < -0.3 is 9.84 Å². The zero-order valence-electron chi connectivity index (χ0n) is 9.38. The zero-order chi connectivity index (χ0) is 13.1. The Kier molecular flexibility index (Phi) is 4.08. The maximum absolute atomic E-state index is 11.9. The van der Waals surface area contributed by atoms with E-state index in [9.17, 15) is 13.2 Å². The van der Waals surface area contributed by atoms with Crippen LogP contribution in [0.15, 0.2) is 29.2 Å². The van der Waals surface area contributed by atoms with Crippen LogP contribution in [-0.4, -0.2) is 32.6 Å². The monoisotopic (exact) mass is 259 g/mol. The topological polar surface area (TPSA) is 92.7 Å². The number of rotatable bonds is 5. The van der Waals surface area contributed by atoms with Crippen molar-refractivity contribution in [3.63, 3.8) is 0 Å². The third-order valence-corrected chi connectivity index (χ3v) is 3.64. The van der Waals surface area contributed by atoms with Crippen LogP contribution in [0.5, 0.6) is 5.75 Å². The van der Waals surface area contributed by atoms with Crippen LogP contribution in [0.2, 0.25) is 0 Å². The number of hydrogen-bond acceptors (Lipinski definition) is 4. The number of carboxylic acids is 1. The Labute approximate surface area is 99.3 Å². The lowest BCUT2D eigenvalue weighted by Crippen LogP contribution is -2.38. The maximum atomic E-state index is 11.9. The molecule has 0 spiro atoms. The van der Waals surface area contributed by atoms with Crippen LogP contribution in [0.1, 0.15) is 6.92 Å². The maximum Gasteiger partial charge on any atom is 0.321 e. The highest BCUT2D eigenvalue weighted by Gasteiger charge is 2.24. The second kappa shape index (κ2) is 5.15. The van der Waals surface area contributed by atoms with Gasteiger partial charge in [-0.15, -0.1) is 0 Å². The second-order valence-electron chi connectivity index (χ2n) is 3.33. The van der Waals surface area contributed by atoms with Crippen molar-refractivity contribution in [1.82, 2.24) is 4.72 Å². The lowest BCUT2D eigenvalue weighted by Gasteiger charge is -2.12. The van der Waals surface area contributed by atoms with E-state index in [1.807, 2.05) is 4.72 Å². The van der Waals surface area contributed by atoms with E-state index < -0.39 is 22.0 Å². The summed E-state index contributed by atoms with van der Waals surface area (Å²) in [5, 5.41) is 8.66. The molecule has 0 bridgehead atoms. The largest absolute Gasteiger partial charge is 0.495 e. The van der Waals surface area contributed by atoms with Gasteiger partial charge in [0.1, 0.15) is 16.7 Å². The fourth-order valence-corrected chi connectivity index (χ4v) is 2.55. The summed E-state index contributed by atoms with van der Waals surface area (Å²) in [6.45, 7) is 1.25. The van der Waals surface area contributed by atoms with Crippen molar-refractivity contribution in [1.29, 1.82) is 0 Å². The molecule has 1 aromatic carbocycles. The quantitative estimate of drug-likeness (QED) is 0.800. The molecule has 0 radical (unpaired) electrons. The predicted molar refractivity (Wildman–Crippen MR) is 60.4 cm³/mol. The molecular weight excluding hydrogens is 246 g/mol. The highest BCUT2D eigenvalue weighted by molar-refractivity contribution is 7.89. The number of hydrogen-bond donors (Lipinski definition) is 2. The Morgan fingerprint density at radius 1 is 1.41 bits per heavy atom. The molecule has 1 atom stereocenters. The molecule has 0 aliphatic heterocycles. The second-order valence-corrected chi connectivity index (χ2v) is 5.01. The van der Waals surface area contributed by atoms with Gasteiger partial charge in [-0.25, -0.2) is 8.42 Å². The lowest BCUT2D eigenvalue weighted by atomic mass is 10.3. The Morgan fingerprint density at radius 3 is 2.53 bits per heavy atom. The van der Waals surface area contributed by atoms with Crippen LogP contribution in [0.4, 0.5) is 0 Å². The number of aliphatic carboxylic acids is 1. The Morgan fingerprint density at radius 2 is 2.00 bits per heavy atom. The first-order valence-electron chi connectivity index (χ1n) is 4.76. The van der Waals surface area contributed by atoms with E-state index in [2.05, 4.69) is 0 Å². The summed E-state index contributed by atoms with van der Waals surface area (Å²) >= 11 is 0. The normalized spacial score (nSPS) is 13.1. The van der Waals surface area contributed by atoms with E-state index in [1.54, 1.807) is 6.07 Å². The number of carboxylic acid groups (broad SMARTS) is 1. The highest BCUT2D eigenvalue weighted by Crippen LogP contribution is 2.22. The van der Waals surface area contributed by atoms with E-state index in [-0.39, 0.29) is 10.6 Å². The first-order valence-corrected chi connectivity index (χ1v) is 6.25. The molecule has 0 aliphatic carbocycles. The third kappa shape index (κ3) is 3.18. The average molecular weight is 259 g/mol. The molecule has 6 nitrogen and oxygen atoms in total. The smallest absolute Gasteiger partial charge is 0.321 e. The minimum absolute atomic E-state index is 0.0874. The minimum atomic E-state index is -3.90. The van der Waals surface area contributed by atoms with Crippen LogP contribution >= 0.6 is 0 Å². The predicted octanol–water partition coefficient (Wildman–Crippen LogP) is 0.447. The Balaban J connectivity index is 3.09. The van der Waals surface area contributed by atoms with Gasteiger partial charge in [0.15, 0.2) is 0 Å². The van der Waals surface area contributed by atoms with Crippen LogP contribution in [0.25, 0.3) is 0 Å². The van der Waals surface area contributed by atoms with Gasteiger partial charge in [0.2, 0.25) is 10.0 Å². The van der Waals surface area contributed by atoms with Gasteiger partial charge in [0, 0.05) is 0 Å². The van der Waals surface area contributed by atoms with E-state index in [1.165, 1.54) is 32.2 Å². The van der Waals surface area contributed by atoms with E-state index >= 15 is 0 Å². The van der Waals surface area contributed by atoms with Gasteiger partial charge in [-0.1, -0.05) is 12.1 Å². The molecule has 0 aliphatic rings. The van der Waals surface area contributed by atoms with Gasteiger partial charge in [0.05, 0.1) is 7.11 Å². The van der Waals surface area contributed by atoms with E-state index in [4.69, 9.17) is 9.84 Å². The fourth-order valence-electron chi connectivity index (χ4n) is 1.19. The summed E-state index contributed by atoms with van der Waals surface area (Å²) < 4.78 is 30.7. The van der Waals surface area contributed by atoms with Crippen molar-refractivity contribution in [2.45, 2.75) is 17.9 Å². The van der Waals surface area contributed by atoms with Gasteiger partial charge in [-0.3, -0.25) is 4.79 Å². The Bertz CT molecular complexity index is 511. The SMILES string of the molecule is COc1ccccc1S(=O)(=O)NC(C)C(=O)O. The zero-order valence-corrected chi connectivity index (χ0v) is 10.2. The molecule has 2 N–H and O–H groups in total. The summed E-state index contributed by atoms with van der Waals surface area (Å²) in [6, 6.07) is 4.78. The number of ether oxygens (including phenoxy) is 1. The summed E-state index contributed by atoms with van der Waals surface area (Å²) in [7, 11) is -2.56. The minimum Gasteiger partial charge on any atom is -0.495 e. The summed E-state index contributed by atoms with van der Waals surface area (Å²) in [4.78, 5) is 10.5. The van der Waals surface area contributed by atoms with Crippen molar-refractivity contribution in [3.05, 3.63) is 24.3 Å². The average Bonchev–Trinajstić information content (AvgIpc) is 2.28. The molecule has 0 heterocycles. The van der Waals surface area contributed by atoms with Gasteiger partial charge in [-0.2, -0.15) is 4.72 Å². The number of sulfonamides is 1. The summed E-state index contributed by atoms with van der Waals surface area (Å²) in [5.41, 5.74) is 0. The molecule has 0 aromatic heterocycles. The number of nitrogens with one attached hydrogen (secondary N) is 1. The molecule has 1 rings (SSSR count). The van der Waals surface area contributed by atoms with Crippen molar-refractivity contribution < 1.29 is 23.1 Å². The third-order valence-electron chi connectivity index (χ3n) is 2.06. The van der Waals surface area contributed by atoms with Crippen LogP contribution in [0, 0.1) is 0 Å². The molecule has 0 saturated carbocycles. The van der Waals surface area contributed by atoms with Gasteiger partial charge in [-0.05, 0) is 19.1 Å². The van der Waals surface area contributed by atoms with E-state index in [0.29, 0.717) is 0 Å². The standard InChI is InChI=1S/C10H13NO5S/c1-7(10(12)13)11-17(14,15)9-6-4-3-5-8(9)16-2/h3-7,11H,1-2H3,(H,12,13). The summed E-state index contributed by atoms with van der Waals surface area (Å²) in [6.07, 6.45) is 0. The van der Waals surface area contributed by atoms with Crippen molar-refractivity contribution >= 4 is 16.0 Å².